The fraction of sp³-hybridized carbons (Fsp3) is 0.167. The smallest absolute Gasteiger partial charge is 0.308 e. The molecule has 0 saturated heterocycles. The van der Waals surface area contributed by atoms with Crippen molar-refractivity contribution in [3.8, 4) is 11.5 Å². The number of hydrogen-bond acceptors (Lipinski definition) is 6. The lowest BCUT2D eigenvalue weighted by atomic mass is 10.2. The maximum atomic E-state index is 12.7. The molecule has 10 heteroatoms. The summed E-state index contributed by atoms with van der Waals surface area (Å²) >= 11 is 1.10. The molecule has 1 heterocycles. The van der Waals surface area contributed by atoms with Crippen molar-refractivity contribution in [1.29, 1.82) is 0 Å². The van der Waals surface area contributed by atoms with E-state index in [0.29, 0.717) is 29.4 Å². The van der Waals surface area contributed by atoms with Gasteiger partial charge in [0.25, 0.3) is 0 Å². The number of aromatic nitrogens is 1. The highest BCUT2D eigenvalue weighted by Gasteiger charge is 2.21. The number of amides is 1. The van der Waals surface area contributed by atoms with Crippen molar-refractivity contribution in [3.05, 3.63) is 82.5 Å². The number of rotatable bonds is 8. The fourth-order valence-electron chi connectivity index (χ4n) is 3.48. The number of sulfonamides is 1. The number of carbonyl (C=O) groups is 1. The highest BCUT2D eigenvalue weighted by Crippen LogP contribution is 2.26. The number of fused-ring (bicyclic) bond motifs is 1. The Balaban J connectivity index is 1.49. The van der Waals surface area contributed by atoms with Crippen molar-refractivity contribution in [2.75, 3.05) is 22.4 Å². The maximum absolute atomic E-state index is 12.7. The zero-order valence-corrected chi connectivity index (χ0v) is 20.2. The molecule has 0 radical (unpaired) electrons. The zero-order chi connectivity index (χ0) is 24.3. The number of ether oxygens (including phenoxy) is 1. The summed E-state index contributed by atoms with van der Waals surface area (Å²) in [5.74, 6) is 0.696. The van der Waals surface area contributed by atoms with Crippen molar-refractivity contribution < 1.29 is 17.9 Å². The Kier molecular flexibility index (Phi) is 6.71. The quantitative estimate of drug-likeness (QED) is 0.392. The van der Waals surface area contributed by atoms with E-state index in [1.54, 1.807) is 47.0 Å². The average molecular weight is 498 g/mol. The van der Waals surface area contributed by atoms with Gasteiger partial charge in [-0.15, -0.1) is 0 Å². The fourth-order valence-corrected chi connectivity index (χ4v) is 5.33. The third kappa shape index (κ3) is 5.29. The van der Waals surface area contributed by atoms with Crippen molar-refractivity contribution >= 4 is 48.9 Å². The van der Waals surface area contributed by atoms with E-state index in [1.165, 1.54) is 0 Å². The summed E-state index contributed by atoms with van der Waals surface area (Å²) in [5, 5.41) is 2.72. The lowest BCUT2D eigenvalue weighted by molar-refractivity contribution is -0.114. The van der Waals surface area contributed by atoms with Crippen LogP contribution in [0, 0.1) is 0 Å². The number of thiazole rings is 1. The van der Waals surface area contributed by atoms with Gasteiger partial charge in [0.1, 0.15) is 18.0 Å². The number of nitrogens with zero attached hydrogens (tertiary/aromatic N) is 2. The molecule has 1 aromatic heterocycles. The monoisotopic (exact) mass is 497 g/mol. The highest BCUT2D eigenvalue weighted by atomic mass is 32.2. The topological polar surface area (TPSA) is 97.7 Å². The molecule has 0 atom stereocenters. The van der Waals surface area contributed by atoms with Gasteiger partial charge in [0.2, 0.25) is 15.9 Å². The van der Waals surface area contributed by atoms with E-state index >= 15 is 0 Å². The van der Waals surface area contributed by atoms with Crippen LogP contribution in [0.4, 0.5) is 11.4 Å². The minimum atomic E-state index is -3.73. The van der Waals surface area contributed by atoms with E-state index < -0.39 is 22.5 Å². The van der Waals surface area contributed by atoms with Crippen LogP contribution in [-0.2, 0) is 21.4 Å². The average Bonchev–Trinajstić information content (AvgIpc) is 3.12. The van der Waals surface area contributed by atoms with Gasteiger partial charge in [-0.3, -0.25) is 18.5 Å². The second kappa shape index (κ2) is 9.70. The van der Waals surface area contributed by atoms with Crippen LogP contribution in [0.2, 0.25) is 0 Å². The molecule has 8 nitrogen and oxygen atoms in total. The van der Waals surface area contributed by atoms with Crippen LogP contribution < -0.4 is 19.2 Å². The SMILES string of the molecule is CCn1c(=O)sc2cc(NC(=O)CN(c3ccc(Oc4ccccc4)cc3)S(C)(=O)=O)ccc21. The molecular formula is C24H23N3O5S2. The molecule has 0 spiro atoms. The van der Waals surface area contributed by atoms with Gasteiger partial charge in [-0.2, -0.15) is 0 Å². The van der Waals surface area contributed by atoms with Gasteiger partial charge in [0.05, 0.1) is 22.2 Å². The molecule has 3 aromatic carbocycles. The Morgan fingerprint density at radius 2 is 1.71 bits per heavy atom. The van der Waals surface area contributed by atoms with Gasteiger partial charge in [0.15, 0.2) is 0 Å². The first-order valence-electron chi connectivity index (χ1n) is 10.5. The highest BCUT2D eigenvalue weighted by molar-refractivity contribution is 7.92. The number of benzene rings is 3. The van der Waals surface area contributed by atoms with Gasteiger partial charge < -0.3 is 10.1 Å². The Morgan fingerprint density at radius 1 is 1.03 bits per heavy atom. The van der Waals surface area contributed by atoms with Gasteiger partial charge in [0, 0.05) is 12.2 Å². The summed E-state index contributed by atoms with van der Waals surface area (Å²) < 4.78 is 34.0. The minimum absolute atomic E-state index is 0.0658. The molecule has 1 amide bonds. The van der Waals surface area contributed by atoms with E-state index in [9.17, 15) is 18.0 Å². The number of para-hydroxylation sites is 1. The molecule has 0 aliphatic rings. The number of aryl methyl sites for hydroxylation is 1. The standard InChI is InChI=1S/C24H23N3O5S2/c1-3-26-21-14-9-17(15-22(21)33-24(26)29)25-23(28)16-27(34(2,30)31)18-10-12-20(13-11-18)32-19-7-5-4-6-8-19/h4-15H,3,16H2,1-2H3,(H,25,28). The van der Waals surface area contributed by atoms with Crippen LogP contribution in [-0.4, -0.2) is 31.7 Å². The number of nitrogens with one attached hydrogen (secondary N) is 1. The summed E-state index contributed by atoms with van der Waals surface area (Å²) in [6.07, 6.45) is 1.05. The summed E-state index contributed by atoms with van der Waals surface area (Å²) in [5.41, 5.74) is 1.62. The van der Waals surface area contributed by atoms with Gasteiger partial charge in [-0.1, -0.05) is 29.5 Å². The van der Waals surface area contributed by atoms with Crippen molar-refractivity contribution in [1.82, 2.24) is 4.57 Å². The van der Waals surface area contributed by atoms with Crippen LogP contribution >= 0.6 is 11.3 Å². The lowest BCUT2D eigenvalue weighted by Gasteiger charge is -2.22. The van der Waals surface area contributed by atoms with Crippen molar-refractivity contribution in [2.45, 2.75) is 13.5 Å². The second-order valence-corrected chi connectivity index (χ2v) is 10.4. The van der Waals surface area contributed by atoms with Crippen LogP contribution in [0.25, 0.3) is 10.2 Å². The first-order chi connectivity index (χ1) is 16.2. The molecule has 0 unspecified atom stereocenters. The molecule has 0 aliphatic carbocycles. The molecule has 4 rings (SSSR count). The Bertz CT molecular complexity index is 1480. The predicted molar refractivity (Wildman–Crippen MR) is 136 cm³/mol. The maximum Gasteiger partial charge on any atom is 0.308 e. The van der Waals surface area contributed by atoms with Gasteiger partial charge in [-0.25, -0.2) is 8.42 Å². The van der Waals surface area contributed by atoms with Crippen LogP contribution in [0.5, 0.6) is 11.5 Å². The van der Waals surface area contributed by atoms with Crippen LogP contribution in [0.1, 0.15) is 6.92 Å². The zero-order valence-electron chi connectivity index (χ0n) is 18.6. The lowest BCUT2D eigenvalue weighted by Crippen LogP contribution is -2.37. The molecule has 0 saturated carbocycles. The summed E-state index contributed by atoms with van der Waals surface area (Å²) in [6, 6.07) is 20.9. The first-order valence-corrected chi connectivity index (χ1v) is 13.1. The molecule has 0 fully saturated rings. The van der Waals surface area contributed by atoms with Crippen LogP contribution in [0.15, 0.2) is 77.6 Å². The van der Waals surface area contributed by atoms with Crippen molar-refractivity contribution in [3.63, 3.8) is 0 Å². The number of carbonyl (C=O) groups excluding carboxylic acids is 1. The number of anilines is 2. The number of hydrogen-bond donors (Lipinski definition) is 1. The molecule has 4 aromatic rings. The van der Waals surface area contributed by atoms with Crippen molar-refractivity contribution in [2.24, 2.45) is 0 Å². The third-order valence-electron chi connectivity index (χ3n) is 5.06. The second-order valence-electron chi connectivity index (χ2n) is 7.52. The molecule has 1 N–H and O–H groups in total. The van der Waals surface area contributed by atoms with Crippen LogP contribution in [0.3, 0.4) is 0 Å². The minimum Gasteiger partial charge on any atom is -0.457 e. The van der Waals surface area contributed by atoms with E-state index in [4.69, 9.17) is 4.74 Å². The molecule has 0 aliphatic heterocycles. The van der Waals surface area contributed by atoms with E-state index in [1.807, 2.05) is 37.3 Å². The van der Waals surface area contributed by atoms with Gasteiger partial charge in [-0.05, 0) is 61.5 Å². The van der Waals surface area contributed by atoms with E-state index in [0.717, 1.165) is 32.1 Å². The molecule has 0 bridgehead atoms. The molecular weight excluding hydrogens is 474 g/mol. The predicted octanol–water partition coefficient (Wildman–Crippen LogP) is 4.28. The van der Waals surface area contributed by atoms with Gasteiger partial charge >= 0.3 is 4.87 Å². The Morgan fingerprint density at radius 3 is 2.35 bits per heavy atom. The largest absolute Gasteiger partial charge is 0.457 e. The summed E-state index contributed by atoms with van der Waals surface area (Å²) in [7, 11) is -3.73. The Labute approximate surface area is 201 Å². The summed E-state index contributed by atoms with van der Waals surface area (Å²) in [4.78, 5) is 24.7. The third-order valence-corrected chi connectivity index (χ3v) is 7.14. The summed E-state index contributed by atoms with van der Waals surface area (Å²) in [6.45, 7) is 2.05. The van der Waals surface area contributed by atoms with E-state index in [-0.39, 0.29) is 4.87 Å². The first kappa shape index (κ1) is 23.5. The normalized spacial score (nSPS) is 11.4. The molecule has 34 heavy (non-hydrogen) atoms. The van der Waals surface area contributed by atoms with E-state index in [2.05, 4.69) is 5.32 Å². The molecule has 176 valence electrons. The Hall–Kier alpha value is -3.63.